The zero-order chi connectivity index (χ0) is 15.8. The molecule has 1 aliphatic rings. The van der Waals surface area contributed by atoms with Crippen LogP contribution in [0.25, 0.3) is 0 Å². The van der Waals surface area contributed by atoms with Gasteiger partial charge >= 0.3 is 6.18 Å². The van der Waals surface area contributed by atoms with Crippen molar-refractivity contribution in [3.05, 3.63) is 47.5 Å². The van der Waals surface area contributed by atoms with Crippen LogP contribution in [0.4, 0.5) is 22.0 Å². The first-order valence-electron chi connectivity index (χ1n) is 5.84. The van der Waals surface area contributed by atoms with Crippen LogP contribution in [0.5, 0.6) is 0 Å². The third-order valence-corrected chi connectivity index (χ3v) is 3.06. The molecular weight excluding hydrogens is 297 g/mol. The van der Waals surface area contributed by atoms with E-state index < -0.39 is 48.0 Å². The maximum Gasteiger partial charge on any atom is 0.409 e. The molecular formula is C13H10F5NO2. The highest BCUT2D eigenvalue weighted by Gasteiger charge is 2.47. The largest absolute Gasteiger partial charge is 0.409 e. The molecule has 3 nitrogen and oxygen atoms in total. The lowest BCUT2D eigenvalue weighted by Crippen LogP contribution is -2.61. The Labute approximate surface area is 116 Å². The van der Waals surface area contributed by atoms with E-state index in [1.54, 1.807) is 0 Å². The van der Waals surface area contributed by atoms with Gasteiger partial charge in [0.25, 0.3) is 0 Å². The van der Waals surface area contributed by atoms with Gasteiger partial charge in [0.05, 0.1) is 18.7 Å². The molecule has 0 spiro atoms. The first-order chi connectivity index (χ1) is 9.62. The number of hydrogen-bond acceptors (Lipinski definition) is 2. The van der Waals surface area contributed by atoms with Gasteiger partial charge in [0.2, 0.25) is 5.91 Å². The summed E-state index contributed by atoms with van der Waals surface area (Å²) >= 11 is 0. The van der Waals surface area contributed by atoms with Gasteiger partial charge in [-0.15, -0.1) is 0 Å². The second-order valence-corrected chi connectivity index (χ2v) is 4.70. The molecule has 0 aliphatic carbocycles. The minimum absolute atomic E-state index is 0.240. The molecule has 2 rings (SSSR count). The number of amides is 1. The van der Waals surface area contributed by atoms with Gasteiger partial charge in [-0.25, -0.2) is 8.78 Å². The van der Waals surface area contributed by atoms with E-state index in [2.05, 4.69) is 0 Å². The summed E-state index contributed by atoms with van der Waals surface area (Å²) in [5.41, 5.74) is -2.52. The fourth-order valence-electron chi connectivity index (χ4n) is 2.11. The molecule has 8 heteroatoms. The van der Waals surface area contributed by atoms with Gasteiger partial charge < -0.3 is 10.0 Å². The molecule has 0 unspecified atom stereocenters. The average molecular weight is 307 g/mol. The van der Waals surface area contributed by atoms with Crippen LogP contribution in [0.1, 0.15) is 5.56 Å². The Morgan fingerprint density at radius 3 is 2.24 bits per heavy atom. The van der Waals surface area contributed by atoms with Gasteiger partial charge in [-0.3, -0.25) is 4.79 Å². The Morgan fingerprint density at radius 1 is 1.24 bits per heavy atom. The predicted octanol–water partition coefficient (Wildman–Crippen LogP) is 2.11. The van der Waals surface area contributed by atoms with Crippen molar-refractivity contribution in [1.29, 1.82) is 0 Å². The van der Waals surface area contributed by atoms with Crippen molar-refractivity contribution in [1.82, 2.24) is 4.90 Å². The van der Waals surface area contributed by atoms with E-state index in [-0.39, 0.29) is 6.08 Å². The number of rotatable bonds is 2. The monoisotopic (exact) mass is 307 g/mol. The fraction of sp³-hybridized carbons (Fsp3) is 0.308. The van der Waals surface area contributed by atoms with E-state index in [0.29, 0.717) is 6.08 Å². The lowest BCUT2D eigenvalue weighted by atomic mass is 9.85. The topological polar surface area (TPSA) is 40.5 Å². The van der Waals surface area contributed by atoms with E-state index in [9.17, 15) is 31.9 Å². The van der Waals surface area contributed by atoms with Gasteiger partial charge in [-0.05, 0) is 12.1 Å². The molecule has 1 heterocycles. The molecule has 0 saturated carbocycles. The van der Waals surface area contributed by atoms with Crippen molar-refractivity contribution < 1.29 is 31.9 Å². The van der Waals surface area contributed by atoms with Gasteiger partial charge in [0, 0.05) is 12.2 Å². The molecule has 1 N–H and O–H groups in total. The van der Waals surface area contributed by atoms with Gasteiger partial charge in [-0.2, -0.15) is 13.2 Å². The number of allylic oxidation sites excluding steroid dienone is 1. The molecule has 1 fully saturated rings. The Hall–Kier alpha value is -1.96. The highest BCUT2D eigenvalue weighted by Crippen LogP contribution is 2.35. The summed E-state index contributed by atoms with van der Waals surface area (Å²) in [4.78, 5) is 12.3. The van der Waals surface area contributed by atoms with Gasteiger partial charge in [0.1, 0.15) is 17.2 Å². The van der Waals surface area contributed by atoms with Crippen molar-refractivity contribution in [2.24, 2.45) is 0 Å². The van der Waals surface area contributed by atoms with Crippen LogP contribution in [-0.2, 0) is 10.4 Å². The Kier molecular flexibility index (Phi) is 3.75. The lowest BCUT2D eigenvalue weighted by Gasteiger charge is -2.46. The molecule has 1 aromatic rings. The van der Waals surface area contributed by atoms with Crippen LogP contribution in [0, 0.1) is 11.6 Å². The minimum atomic E-state index is -4.63. The van der Waals surface area contributed by atoms with E-state index in [4.69, 9.17) is 0 Å². The number of nitrogens with zero attached hydrogens (tertiary/aromatic N) is 1. The average Bonchev–Trinajstić information content (AvgIpc) is 2.31. The Morgan fingerprint density at radius 2 is 1.76 bits per heavy atom. The van der Waals surface area contributed by atoms with Crippen LogP contribution in [-0.4, -0.2) is 35.2 Å². The van der Waals surface area contributed by atoms with E-state index in [1.807, 2.05) is 0 Å². The number of hydrogen-bond donors (Lipinski definition) is 1. The van der Waals surface area contributed by atoms with Gasteiger partial charge in [0.15, 0.2) is 0 Å². The normalized spacial score (nSPS) is 17.9. The molecule has 0 atom stereocenters. The first-order valence-corrected chi connectivity index (χ1v) is 5.84. The zero-order valence-electron chi connectivity index (χ0n) is 10.5. The second kappa shape index (κ2) is 5.10. The number of β-amino-alcohol motifs (C(OH)–C–C–N with tert-alkyl or cyclic N) is 1. The SMILES string of the molecule is O=C(/C=C/C(F)(F)F)N1CC(O)(c2c(F)cccc2F)C1. The predicted molar refractivity (Wildman–Crippen MR) is 62.0 cm³/mol. The van der Waals surface area contributed by atoms with Crippen LogP contribution in [0.2, 0.25) is 0 Å². The third kappa shape index (κ3) is 3.21. The second-order valence-electron chi connectivity index (χ2n) is 4.70. The molecule has 0 aromatic heterocycles. The smallest absolute Gasteiger partial charge is 0.381 e. The standard InChI is InChI=1S/C13H10F5NO2/c14-8-2-1-3-9(15)11(8)12(21)6-19(7-12)10(20)4-5-13(16,17)18/h1-5,21H,6-7H2/b5-4+. The minimum Gasteiger partial charge on any atom is -0.381 e. The number of carbonyl (C=O) groups is 1. The highest BCUT2D eigenvalue weighted by molar-refractivity contribution is 5.88. The fourth-order valence-corrected chi connectivity index (χ4v) is 2.11. The number of halogens is 5. The van der Waals surface area contributed by atoms with Crippen molar-refractivity contribution in [3.8, 4) is 0 Å². The lowest BCUT2D eigenvalue weighted by molar-refractivity contribution is -0.153. The number of aliphatic hydroxyl groups is 1. The van der Waals surface area contributed by atoms with Crippen LogP contribution in [0.15, 0.2) is 30.4 Å². The molecule has 0 radical (unpaired) electrons. The summed E-state index contributed by atoms with van der Waals surface area (Å²) in [6.45, 7) is -0.961. The summed E-state index contributed by atoms with van der Waals surface area (Å²) in [5, 5.41) is 10.1. The van der Waals surface area contributed by atoms with Crippen LogP contribution >= 0.6 is 0 Å². The van der Waals surface area contributed by atoms with E-state index in [0.717, 1.165) is 23.1 Å². The van der Waals surface area contributed by atoms with Crippen molar-refractivity contribution in [2.75, 3.05) is 13.1 Å². The summed E-state index contributed by atoms with van der Waals surface area (Å²) < 4.78 is 62.8. The number of carbonyl (C=O) groups excluding carboxylic acids is 1. The molecule has 21 heavy (non-hydrogen) atoms. The summed E-state index contributed by atoms with van der Waals surface area (Å²) in [5.74, 6) is -2.94. The van der Waals surface area contributed by atoms with E-state index in [1.165, 1.54) is 0 Å². The quantitative estimate of drug-likeness (QED) is 0.671. The highest BCUT2D eigenvalue weighted by atomic mass is 19.4. The maximum absolute atomic E-state index is 13.5. The maximum atomic E-state index is 13.5. The van der Waals surface area contributed by atoms with Crippen LogP contribution < -0.4 is 0 Å². The number of benzene rings is 1. The molecule has 1 aliphatic heterocycles. The summed E-state index contributed by atoms with van der Waals surface area (Å²) in [6, 6.07) is 3.01. The summed E-state index contributed by atoms with van der Waals surface area (Å²) in [7, 11) is 0. The number of alkyl halides is 3. The molecule has 0 bridgehead atoms. The van der Waals surface area contributed by atoms with Crippen molar-refractivity contribution in [3.63, 3.8) is 0 Å². The van der Waals surface area contributed by atoms with E-state index >= 15 is 0 Å². The Bertz CT molecular complexity index is 570. The first kappa shape index (κ1) is 15.4. The molecule has 114 valence electrons. The zero-order valence-corrected chi connectivity index (χ0v) is 10.5. The van der Waals surface area contributed by atoms with Crippen molar-refractivity contribution in [2.45, 2.75) is 11.8 Å². The van der Waals surface area contributed by atoms with Crippen LogP contribution in [0.3, 0.4) is 0 Å². The Balaban J connectivity index is 2.09. The van der Waals surface area contributed by atoms with Crippen molar-refractivity contribution >= 4 is 5.91 Å². The summed E-state index contributed by atoms with van der Waals surface area (Å²) in [6.07, 6.45) is -4.57. The third-order valence-electron chi connectivity index (χ3n) is 3.06. The molecule has 1 amide bonds. The number of likely N-dealkylation sites (tertiary alicyclic amines) is 1. The van der Waals surface area contributed by atoms with Gasteiger partial charge in [-0.1, -0.05) is 6.07 Å². The molecule has 1 saturated heterocycles. The molecule has 1 aromatic carbocycles.